The van der Waals surface area contributed by atoms with Crippen molar-refractivity contribution in [3.63, 3.8) is 0 Å². The summed E-state index contributed by atoms with van der Waals surface area (Å²) in [5.74, 6) is -0.0864. The predicted octanol–water partition coefficient (Wildman–Crippen LogP) is 2.49. The molecule has 1 aromatic carbocycles. The first kappa shape index (κ1) is 13.6. The van der Waals surface area contributed by atoms with Crippen molar-refractivity contribution in [1.82, 2.24) is 4.90 Å². The number of carbonyl (C=O) groups excluding carboxylic acids is 1. The number of benzene rings is 1. The summed E-state index contributed by atoms with van der Waals surface area (Å²) >= 11 is 0. The summed E-state index contributed by atoms with van der Waals surface area (Å²) in [6.07, 6.45) is 1.87. The molecule has 0 N–H and O–H groups in total. The monoisotopic (exact) mass is 277 g/mol. The van der Waals surface area contributed by atoms with E-state index >= 15 is 0 Å². The molecule has 3 rings (SSSR count). The number of halogens is 1. The van der Waals surface area contributed by atoms with Crippen LogP contribution in [0.2, 0.25) is 0 Å². The second kappa shape index (κ2) is 4.85. The van der Waals surface area contributed by atoms with E-state index in [9.17, 15) is 9.18 Å². The van der Waals surface area contributed by atoms with Gasteiger partial charge in [-0.05, 0) is 44.4 Å². The summed E-state index contributed by atoms with van der Waals surface area (Å²) in [6.45, 7) is 5.28. The van der Waals surface area contributed by atoms with Crippen molar-refractivity contribution >= 4 is 5.91 Å². The highest BCUT2D eigenvalue weighted by Crippen LogP contribution is 2.49. The first-order valence-corrected chi connectivity index (χ1v) is 7.22. The Balaban J connectivity index is 1.81. The molecule has 0 radical (unpaired) electrons. The van der Waals surface area contributed by atoms with Crippen molar-refractivity contribution in [1.29, 1.82) is 0 Å². The van der Waals surface area contributed by atoms with Crippen LogP contribution < -0.4 is 0 Å². The largest absolute Gasteiger partial charge is 0.372 e. The Kier molecular flexibility index (Phi) is 3.28. The molecule has 2 atom stereocenters. The summed E-state index contributed by atoms with van der Waals surface area (Å²) in [5, 5.41) is 0. The molecular formula is C16H20FNO2. The highest BCUT2D eigenvalue weighted by Gasteiger charge is 2.53. The van der Waals surface area contributed by atoms with Crippen molar-refractivity contribution < 1.29 is 13.9 Å². The molecular weight excluding hydrogens is 257 g/mol. The van der Waals surface area contributed by atoms with E-state index in [1.165, 1.54) is 12.1 Å². The van der Waals surface area contributed by atoms with Crippen molar-refractivity contribution in [2.24, 2.45) is 0 Å². The maximum Gasteiger partial charge on any atom is 0.233 e. The number of hydrogen-bond acceptors (Lipinski definition) is 2. The molecule has 2 fully saturated rings. The number of carbonyl (C=O) groups is 1. The summed E-state index contributed by atoms with van der Waals surface area (Å²) < 4.78 is 18.7. The smallest absolute Gasteiger partial charge is 0.233 e. The Morgan fingerprint density at radius 2 is 1.75 bits per heavy atom. The molecule has 1 aliphatic carbocycles. The zero-order valence-electron chi connectivity index (χ0n) is 11.9. The van der Waals surface area contributed by atoms with Gasteiger partial charge < -0.3 is 9.64 Å². The minimum atomic E-state index is -0.412. The van der Waals surface area contributed by atoms with Gasteiger partial charge in [0.2, 0.25) is 5.91 Å². The number of rotatable bonds is 2. The van der Waals surface area contributed by atoms with Crippen LogP contribution in [0.5, 0.6) is 0 Å². The molecule has 1 saturated heterocycles. The Morgan fingerprint density at radius 3 is 2.25 bits per heavy atom. The van der Waals surface area contributed by atoms with E-state index in [1.807, 2.05) is 18.7 Å². The molecule has 1 saturated carbocycles. The lowest BCUT2D eigenvalue weighted by molar-refractivity contribution is -0.145. The van der Waals surface area contributed by atoms with E-state index in [4.69, 9.17) is 4.74 Å². The van der Waals surface area contributed by atoms with Crippen LogP contribution in [0.3, 0.4) is 0 Å². The molecule has 2 unspecified atom stereocenters. The number of amides is 1. The molecule has 20 heavy (non-hydrogen) atoms. The van der Waals surface area contributed by atoms with Gasteiger partial charge in [-0.2, -0.15) is 0 Å². The van der Waals surface area contributed by atoms with E-state index in [2.05, 4.69) is 0 Å². The first-order chi connectivity index (χ1) is 9.51. The second-order valence-electron chi connectivity index (χ2n) is 6.06. The molecule has 1 aliphatic heterocycles. The van der Waals surface area contributed by atoms with Crippen LogP contribution in [-0.2, 0) is 14.9 Å². The number of ether oxygens (including phenoxy) is 1. The van der Waals surface area contributed by atoms with Crippen LogP contribution in [0.15, 0.2) is 24.3 Å². The summed E-state index contributed by atoms with van der Waals surface area (Å²) in [6, 6.07) is 6.36. The van der Waals surface area contributed by atoms with Gasteiger partial charge >= 0.3 is 0 Å². The zero-order valence-corrected chi connectivity index (χ0v) is 11.9. The van der Waals surface area contributed by atoms with Crippen molar-refractivity contribution in [3.8, 4) is 0 Å². The van der Waals surface area contributed by atoms with Crippen molar-refractivity contribution in [3.05, 3.63) is 35.6 Å². The highest BCUT2D eigenvalue weighted by atomic mass is 19.1. The van der Waals surface area contributed by atoms with E-state index in [0.717, 1.165) is 18.4 Å². The molecule has 4 heteroatoms. The van der Waals surface area contributed by atoms with Crippen molar-refractivity contribution in [2.75, 3.05) is 13.1 Å². The van der Waals surface area contributed by atoms with E-state index < -0.39 is 5.41 Å². The fourth-order valence-corrected chi connectivity index (χ4v) is 3.17. The van der Waals surface area contributed by atoms with E-state index in [1.54, 1.807) is 12.1 Å². The first-order valence-electron chi connectivity index (χ1n) is 7.22. The third kappa shape index (κ3) is 2.33. The Morgan fingerprint density at radius 1 is 1.20 bits per heavy atom. The molecule has 1 aromatic rings. The Labute approximate surface area is 118 Å². The lowest BCUT2D eigenvalue weighted by Crippen LogP contribution is -2.51. The van der Waals surface area contributed by atoms with Crippen LogP contribution in [0.25, 0.3) is 0 Å². The average Bonchev–Trinajstić information content (AvgIpc) is 3.19. The van der Waals surface area contributed by atoms with Gasteiger partial charge in [-0.15, -0.1) is 0 Å². The molecule has 108 valence electrons. The lowest BCUT2D eigenvalue weighted by Gasteiger charge is -2.37. The minimum absolute atomic E-state index is 0.0757. The van der Waals surface area contributed by atoms with Gasteiger partial charge in [0.1, 0.15) is 5.82 Å². The van der Waals surface area contributed by atoms with Gasteiger partial charge in [-0.3, -0.25) is 4.79 Å². The van der Waals surface area contributed by atoms with E-state index in [-0.39, 0.29) is 23.9 Å². The molecule has 1 amide bonds. The van der Waals surface area contributed by atoms with Crippen LogP contribution in [0.1, 0.15) is 32.3 Å². The van der Waals surface area contributed by atoms with Gasteiger partial charge in [0.25, 0.3) is 0 Å². The normalized spacial score (nSPS) is 28.2. The zero-order chi connectivity index (χ0) is 14.3. The molecule has 1 heterocycles. The van der Waals surface area contributed by atoms with Crippen LogP contribution in [-0.4, -0.2) is 36.1 Å². The molecule has 3 nitrogen and oxygen atoms in total. The number of morpholine rings is 1. The van der Waals surface area contributed by atoms with Gasteiger partial charge in [0.05, 0.1) is 17.6 Å². The topological polar surface area (TPSA) is 29.5 Å². The standard InChI is InChI=1S/C16H20FNO2/c1-11-9-18(10-12(2)20-11)15(19)16(7-8-16)13-3-5-14(17)6-4-13/h3-6,11-12H,7-10H2,1-2H3. The summed E-state index contributed by atoms with van der Waals surface area (Å²) in [7, 11) is 0. The summed E-state index contributed by atoms with van der Waals surface area (Å²) in [5.41, 5.74) is 0.528. The van der Waals surface area contributed by atoms with Gasteiger partial charge in [0, 0.05) is 13.1 Å². The van der Waals surface area contributed by atoms with Gasteiger partial charge in [0.15, 0.2) is 0 Å². The number of hydrogen-bond donors (Lipinski definition) is 0. The highest BCUT2D eigenvalue weighted by molar-refractivity contribution is 5.91. The third-order valence-corrected chi connectivity index (χ3v) is 4.26. The maximum absolute atomic E-state index is 13.0. The fraction of sp³-hybridized carbons (Fsp3) is 0.562. The maximum atomic E-state index is 13.0. The van der Waals surface area contributed by atoms with E-state index in [0.29, 0.717) is 13.1 Å². The lowest BCUT2D eigenvalue weighted by atomic mass is 9.93. The molecule has 0 bridgehead atoms. The molecule has 2 aliphatic rings. The van der Waals surface area contributed by atoms with Gasteiger partial charge in [-0.25, -0.2) is 4.39 Å². The summed E-state index contributed by atoms with van der Waals surface area (Å²) in [4.78, 5) is 14.7. The van der Waals surface area contributed by atoms with Crippen LogP contribution in [0.4, 0.5) is 4.39 Å². The predicted molar refractivity (Wildman–Crippen MR) is 73.9 cm³/mol. The average molecular weight is 277 g/mol. The Bertz CT molecular complexity index is 500. The van der Waals surface area contributed by atoms with Crippen LogP contribution >= 0.6 is 0 Å². The quantitative estimate of drug-likeness (QED) is 0.831. The second-order valence-corrected chi connectivity index (χ2v) is 6.06. The van der Waals surface area contributed by atoms with Gasteiger partial charge in [-0.1, -0.05) is 12.1 Å². The van der Waals surface area contributed by atoms with Crippen molar-refractivity contribution in [2.45, 2.75) is 44.3 Å². The molecule has 0 aromatic heterocycles. The third-order valence-electron chi connectivity index (χ3n) is 4.26. The molecule has 0 spiro atoms. The Hall–Kier alpha value is -1.42. The van der Waals surface area contributed by atoms with Crippen LogP contribution in [0, 0.1) is 5.82 Å². The minimum Gasteiger partial charge on any atom is -0.372 e. The number of nitrogens with zero attached hydrogens (tertiary/aromatic N) is 1. The fourth-order valence-electron chi connectivity index (χ4n) is 3.17. The SMILES string of the molecule is CC1CN(C(=O)C2(c3ccc(F)cc3)CC2)CC(C)O1.